The first kappa shape index (κ1) is 18.8. The number of amides is 1. The number of nitrogens with zero attached hydrogens (tertiary/aromatic N) is 4. The highest BCUT2D eigenvalue weighted by atomic mass is 32.2. The van der Waals surface area contributed by atoms with E-state index in [0.717, 1.165) is 5.75 Å². The van der Waals surface area contributed by atoms with Gasteiger partial charge in [0.2, 0.25) is 5.91 Å². The summed E-state index contributed by atoms with van der Waals surface area (Å²) in [5.41, 5.74) is 0.515. The van der Waals surface area contributed by atoms with Crippen LogP contribution in [0.2, 0.25) is 0 Å². The highest BCUT2D eigenvalue weighted by molar-refractivity contribution is 7.99. The lowest BCUT2D eigenvalue weighted by atomic mass is 10.3. The average Bonchev–Trinajstić information content (AvgIpc) is 2.66. The topological polar surface area (TPSA) is 99.0 Å². The van der Waals surface area contributed by atoms with Crippen molar-refractivity contribution in [2.75, 3.05) is 17.7 Å². The maximum absolute atomic E-state index is 12.6. The lowest BCUT2D eigenvalue weighted by Gasteiger charge is -2.12. The zero-order valence-electron chi connectivity index (χ0n) is 15.0. The summed E-state index contributed by atoms with van der Waals surface area (Å²) >= 11 is 1.47. The molecule has 0 atom stereocenters. The van der Waals surface area contributed by atoms with E-state index in [9.17, 15) is 9.59 Å². The number of fused-ring (bicyclic) bond motifs is 1. The van der Waals surface area contributed by atoms with E-state index in [1.165, 1.54) is 28.9 Å². The molecule has 0 bridgehead atoms. The van der Waals surface area contributed by atoms with E-state index < -0.39 is 0 Å². The second kappa shape index (κ2) is 8.63. The van der Waals surface area contributed by atoms with Gasteiger partial charge in [0, 0.05) is 6.20 Å². The van der Waals surface area contributed by atoms with E-state index >= 15 is 0 Å². The Balaban J connectivity index is 1.80. The van der Waals surface area contributed by atoms with Crippen molar-refractivity contribution in [2.24, 2.45) is 0 Å². The van der Waals surface area contributed by atoms with Gasteiger partial charge in [-0.25, -0.2) is 15.0 Å². The van der Waals surface area contributed by atoms with E-state index in [-0.39, 0.29) is 23.4 Å². The molecule has 0 fully saturated rings. The predicted octanol–water partition coefficient (Wildman–Crippen LogP) is 2.34. The first-order chi connectivity index (χ1) is 13.1. The predicted molar refractivity (Wildman–Crippen MR) is 104 cm³/mol. The summed E-state index contributed by atoms with van der Waals surface area (Å²) in [6.07, 6.45) is 2.78. The Morgan fingerprint density at radius 2 is 2.07 bits per heavy atom. The summed E-state index contributed by atoms with van der Waals surface area (Å²) in [6.45, 7) is 4.17. The minimum atomic E-state index is -0.360. The van der Waals surface area contributed by atoms with Crippen LogP contribution in [-0.4, -0.2) is 37.8 Å². The number of carbonyl (C=O) groups is 1. The Bertz CT molecular complexity index is 1020. The van der Waals surface area contributed by atoms with Crippen LogP contribution in [-0.2, 0) is 11.3 Å². The number of anilines is 1. The van der Waals surface area contributed by atoms with Crippen molar-refractivity contribution in [3.63, 3.8) is 0 Å². The van der Waals surface area contributed by atoms with Crippen molar-refractivity contribution in [2.45, 2.75) is 25.5 Å². The van der Waals surface area contributed by atoms with Crippen molar-refractivity contribution >= 4 is 34.4 Å². The Labute approximate surface area is 160 Å². The number of rotatable bonds is 7. The Morgan fingerprint density at radius 3 is 2.85 bits per heavy atom. The molecule has 3 aromatic rings. The quantitative estimate of drug-likeness (QED) is 0.492. The molecule has 2 heterocycles. The van der Waals surface area contributed by atoms with Gasteiger partial charge in [-0.2, -0.15) is 0 Å². The molecule has 0 aliphatic rings. The Kier molecular flexibility index (Phi) is 6.02. The van der Waals surface area contributed by atoms with Crippen LogP contribution in [0.5, 0.6) is 5.75 Å². The van der Waals surface area contributed by atoms with E-state index in [4.69, 9.17) is 4.74 Å². The van der Waals surface area contributed by atoms with E-state index in [1.54, 1.807) is 18.2 Å². The molecule has 0 saturated carbocycles. The molecular formula is C18H19N5O3S. The van der Waals surface area contributed by atoms with Crippen molar-refractivity contribution < 1.29 is 9.53 Å². The number of aromatic nitrogens is 4. The van der Waals surface area contributed by atoms with Crippen LogP contribution < -0.4 is 15.6 Å². The van der Waals surface area contributed by atoms with Gasteiger partial charge >= 0.3 is 0 Å². The van der Waals surface area contributed by atoms with Gasteiger partial charge in [-0.1, -0.05) is 30.8 Å². The standard InChI is InChI=1S/C18H19N5O3S/c1-3-26-14-8-6-5-7-13(14)21-15(24)10-23-11-20-16-12(17(23)25)9-19-18(22-16)27-4-2/h5-9,11H,3-4,10H2,1-2H3,(H,21,24). The van der Waals surface area contributed by atoms with Gasteiger partial charge in [-0.15, -0.1) is 0 Å². The molecule has 0 saturated heterocycles. The third-order valence-electron chi connectivity index (χ3n) is 3.61. The second-order valence-corrected chi connectivity index (χ2v) is 6.71. The molecule has 1 N–H and O–H groups in total. The van der Waals surface area contributed by atoms with Crippen molar-refractivity contribution in [3.8, 4) is 5.75 Å². The molecule has 3 rings (SSSR count). The van der Waals surface area contributed by atoms with Gasteiger partial charge in [-0.3, -0.25) is 14.2 Å². The molecule has 0 radical (unpaired) electrons. The molecule has 27 heavy (non-hydrogen) atoms. The summed E-state index contributed by atoms with van der Waals surface area (Å²) in [5.74, 6) is 1.04. The van der Waals surface area contributed by atoms with Gasteiger partial charge < -0.3 is 10.1 Å². The number of hydrogen-bond acceptors (Lipinski definition) is 7. The van der Waals surface area contributed by atoms with Gasteiger partial charge in [-0.05, 0) is 24.8 Å². The molecule has 8 nitrogen and oxygen atoms in total. The maximum atomic E-state index is 12.6. The average molecular weight is 385 g/mol. The molecule has 0 spiro atoms. The fraction of sp³-hybridized carbons (Fsp3) is 0.278. The monoisotopic (exact) mass is 385 g/mol. The number of carbonyl (C=O) groups excluding carboxylic acids is 1. The molecule has 1 amide bonds. The molecular weight excluding hydrogens is 366 g/mol. The molecule has 2 aromatic heterocycles. The summed E-state index contributed by atoms with van der Waals surface area (Å²) in [7, 11) is 0. The molecule has 140 valence electrons. The van der Waals surface area contributed by atoms with Gasteiger partial charge in [0.05, 0.1) is 12.3 Å². The highest BCUT2D eigenvalue weighted by Gasteiger charge is 2.12. The number of ether oxygens (including phenoxy) is 1. The normalized spacial score (nSPS) is 10.7. The van der Waals surface area contributed by atoms with Crippen LogP contribution in [0.15, 0.2) is 46.7 Å². The summed E-state index contributed by atoms with van der Waals surface area (Å²) in [5, 5.41) is 3.61. The number of nitrogens with one attached hydrogen (secondary N) is 1. The lowest BCUT2D eigenvalue weighted by molar-refractivity contribution is -0.116. The van der Waals surface area contributed by atoms with Gasteiger partial charge in [0.15, 0.2) is 10.8 Å². The van der Waals surface area contributed by atoms with Crippen LogP contribution in [0.1, 0.15) is 13.8 Å². The third-order valence-corrected chi connectivity index (χ3v) is 4.35. The van der Waals surface area contributed by atoms with Crippen LogP contribution in [0, 0.1) is 0 Å². The zero-order chi connectivity index (χ0) is 19.2. The van der Waals surface area contributed by atoms with E-state index in [0.29, 0.717) is 28.8 Å². The van der Waals surface area contributed by atoms with Crippen LogP contribution >= 0.6 is 11.8 Å². The summed E-state index contributed by atoms with van der Waals surface area (Å²) in [6, 6.07) is 7.13. The van der Waals surface area contributed by atoms with Crippen LogP contribution in [0.4, 0.5) is 5.69 Å². The Hall–Kier alpha value is -2.94. The summed E-state index contributed by atoms with van der Waals surface area (Å²) < 4.78 is 6.72. The first-order valence-corrected chi connectivity index (χ1v) is 9.47. The smallest absolute Gasteiger partial charge is 0.264 e. The van der Waals surface area contributed by atoms with Crippen LogP contribution in [0.25, 0.3) is 11.0 Å². The lowest BCUT2D eigenvalue weighted by Crippen LogP contribution is -2.28. The SMILES string of the molecule is CCOc1ccccc1NC(=O)Cn1cnc2nc(SCC)ncc2c1=O. The minimum Gasteiger partial charge on any atom is -0.492 e. The highest BCUT2D eigenvalue weighted by Crippen LogP contribution is 2.23. The zero-order valence-corrected chi connectivity index (χ0v) is 15.8. The molecule has 0 aliphatic carbocycles. The Morgan fingerprint density at radius 1 is 1.26 bits per heavy atom. The molecule has 0 aliphatic heterocycles. The number of hydrogen-bond donors (Lipinski definition) is 1. The minimum absolute atomic E-state index is 0.173. The number of thioether (sulfide) groups is 1. The van der Waals surface area contributed by atoms with Crippen molar-refractivity contribution in [3.05, 3.63) is 47.1 Å². The number of para-hydroxylation sites is 2. The number of benzene rings is 1. The van der Waals surface area contributed by atoms with Gasteiger partial charge in [0.1, 0.15) is 24.0 Å². The fourth-order valence-electron chi connectivity index (χ4n) is 2.44. The fourth-order valence-corrected chi connectivity index (χ4v) is 2.98. The first-order valence-electron chi connectivity index (χ1n) is 8.49. The van der Waals surface area contributed by atoms with Crippen molar-refractivity contribution in [1.29, 1.82) is 0 Å². The maximum Gasteiger partial charge on any atom is 0.264 e. The van der Waals surface area contributed by atoms with E-state index in [2.05, 4.69) is 20.3 Å². The molecule has 1 aromatic carbocycles. The largest absolute Gasteiger partial charge is 0.492 e. The summed E-state index contributed by atoms with van der Waals surface area (Å²) in [4.78, 5) is 37.6. The van der Waals surface area contributed by atoms with Gasteiger partial charge in [0.25, 0.3) is 5.56 Å². The van der Waals surface area contributed by atoms with E-state index in [1.807, 2.05) is 19.9 Å². The second-order valence-electron chi connectivity index (χ2n) is 5.48. The third kappa shape index (κ3) is 4.43. The van der Waals surface area contributed by atoms with Crippen molar-refractivity contribution in [1.82, 2.24) is 19.5 Å². The van der Waals surface area contributed by atoms with Crippen LogP contribution in [0.3, 0.4) is 0 Å². The molecule has 0 unspecified atom stereocenters. The molecule has 9 heteroatoms.